The van der Waals surface area contributed by atoms with E-state index in [1.165, 1.54) is 0 Å². The number of hydrogen-bond donors (Lipinski definition) is 1. The molecule has 0 amide bonds. The molecule has 1 saturated heterocycles. The molecule has 1 atom stereocenters. The van der Waals surface area contributed by atoms with Crippen molar-refractivity contribution in [3.8, 4) is 0 Å². The monoisotopic (exact) mass is 167 g/mol. The van der Waals surface area contributed by atoms with E-state index in [0.717, 1.165) is 6.54 Å². The van der Waals surface area contributed by atoms with Gasteiger partial charge >= 0.3 is 6.61 Å². The quantitative estimate of drug-likeness (QED) is 0.652. The molecule has 0 aromatic carbocycles. The van der Waals surface area contributed by atoms with E-state index in [1.54, 1.807) is 0 Å². The number of nitrogens with one attached hydrogen (secondary N) is 1. The fourth-order valence-corrected chi connectivity index (χ4v) is 0.907. The molecule has 11 heavy (non-hydrogen) atoms. The van der Waals surface area contributed by atoms with E-state index in [1.807, 2.05) is 0 Å². The fourth-order valence-electron chi connectivity index (χ4n) is 0.907. The summed E-state index contributed by atoms with van der Waals surface area (Å²) < 4.78 is 32.2. The molecular weight excluding hydrogens is 156 g/mol. The number of halogens is 2. The van der Waals surface area contributed by atoms with Crippen LogP contribution in [0, 0.1) is 0 Å². The topological polar surface area (TPSA) is 30.5 Å². The standard InChI is InChI=1S/C6H11F2NO2/c7-6(8)11-4-5-3-9-1-2-10-5/h5-6,9H,1-4H2. The summed E-state index contributed by atoms with van der Waals surface area (Å²) >= 11 is 0. The number of rotatable bonds is 3. The molecule has 1 aliphatic rings. The van der Waals surface area contributed by atoms with Gasteiger partial charge in [-0.05, 0) is 0 Å². The van der Waals surface area contributed by atoms with Crippen LogP contribution in [0.25, 0.3) is 0 Å². The summed E-state index contributed by atoms with van der Waals surface area (Å²) in [4.78, 5) is 0. The minimum atomic E-state index is -2.69. The Morgan fingerprint density at radius 2 is 2.45 bits per heavy atom. The third kappa shape index (κ3) is 3.60. The Hall–Kier alpha value is -0.260. The Bertz CT molecular complexity index is 107. The van der Waals surface area contributed by atoms with Crippen LogP contribution in [0.1, 0.15) is 0 Å². The van der Waals surface area contributed by atoms with Gasteiger partial charge in [-0.15, -0.1) is 0 Å². The van der Waals surface area contributed by atoms with Crippen LogP contribution in [0.15, 0.2) is 0 Å². The Morgan fingerprint density at radius 1 is 1.64 bits per heavy atom. The largest absolute Gasteiger partial charge is 0.373 e. The maximum absolute atomic E-state index is 11.5. The highest BCUT2D eigenvalue weighted by molar-refractivity contribution is 4.65. The molecule has 1 rings (SSSR count). The highest BCUT2D eigenvalue weighted by Crippen LogP contribution is 2.00. The van der Waals surface area contributed by atoms with Crippen LogP contribution >= 0.6 is 0 Å². The molecule has 5 heteroatoms. The molecule has 1 unspecified atom stereocenters. The van der Waals surface area contributed by atoms with E-state index in [9.17, 15) is 8.78 Å². The Balaban J connectivity index is 2.05. The number of morpholine rings is 1. The first-order chi connectivity index (χ1) is 5.29. The lowest BCUT2D eigenvalue weighted by atomic mass is 10.3. The van der Waals surface area contributed by atoms with Gasteiger partial charge in [0.1, 0.15) is 0 Å². The molecule has 0 saturated carbocycles. The number of ether oxygens (including phenoxy) is 2. The molecule has 1 N–H and O–H groups in total. The van der Waals surface area contributed by atoms with E-state index in [4.69, 9.17) is 4.74 Å². The van der Waals surface area contributed by atoms with Crippen LogP contribution < -0.4 is 5.32 Å². The second kappa shape index (κ2) is 4.58. The average molecular weight is 167 g/mol. The van der Waals surface area contributed by atoms with Crippen molar-refractivity contribution >= 4 is 0 Å². The minimum Gasteiger partial charge on any atom is -0.373 e. The van der Waals surface area contributed by atoms with Crippen molar-refractivity contribution in [1.29, 1.82) is 0 Å². The van der Waals surface area contributed by atoms with Crippen molar-refractivity contribution in [2.24, 2.45) is 0 Å². The number of hydrogen-bond acceptors (Lipinski definition) is 3. The van der Waals surface area contributed by atoms with Gasteiger partial charge in [0.25, 0.3) is 0 Å². The third-order valence-electron chi connectivity index (χ3n) is 1.41. The summed E-state index contributed by atoms with van der Waals surface area (Å²) in [7, 11) is 0. The first kappa shape index (κ1) is 8.83. The van der Waals surface area contributed by atoms with Crippen LogP contribution in [-0.2, 0) is 9.47 Å². The van der Waals surface area contributed by atoms with Crippen molar-refractivity contribution in [2.45, 2.75) is 12.7 Å². The molecular formula is C6H11F2NO2. The van der Waals surface area contributed by atoms with Crippen molar-refractivity contribution in [1.82, 2.24) is 5.32 Å². The van der Waals surface area contributed by atoms with Crippen molar-refractivity contribution in [2.75, 3.05) is 26.3 Å². The zero-order valence-electron chi connectivity index (χ0n) is 6.06. The van der Waals surface area contributed by atoms with Gasteiger partial charge in [-0.2, -0.15) is 8.78 Å². The fraction of sp³-hybridized carbons (Fsp3) is 1.00. The van der Waals surface area contributed by atoms with Crippen molar-refractivity contribution in [3.05, 3.63) is 0 Å². The normalized spacial score (nSPS) is 25.9. The van der Waals surface area contributed by atoms with Gasteiger partial charge < -0.3 is 14.8 Å². The van der Waals surface area contributed by atoms with Crippen LogP contribution in [0.4, 0.5) is 8.78 Å². The lowest BCUT2D eigenvalue weighted by molar-refractivity contribution is -0.157. The summed E-state index contributed by atoms with van der Waals surface area (Å²) in [5.74, 6) is 0. The van der Waals surface area contributed by atoms with E-state index in [-0.39, 0.29) is 12.7 Å². The Labute approximate surface area is 63.7 Å². The molecule has 1 heterocycles. The van der Waals surface area contributed by atoms with Crippen LogP contribution in [0.3, 0.4) is 0 Å². The van der Waals surface area contributed by atoms with Gasteiger partial charge in [0.2, 0.25) is 0 Å². The average Bonchev–Trinajstić information content (AvgIpc) is 2.03. The summed E-state index contributed by atoms with van der Waals surface area (Å²) in [6.07, 6.45) is -0.224. The Morgan fingerprint density at radius 3 is 3.00 bits per heavy atom. The van der Waals surface area contributed by atoms with Gasteiger partial charge in [0.05, 0.1) is 19.3 Å². The van der Waals surface area contributed by atoms with Gasteiger partial charge in [0.15, 0.2) is 0 Å². The predicted octanol–water partition coefficient (Wildman–Crippen LogP) is 0.214. The molecule has 1 aliphatic heterocycles. The van der Waals surface area contributed by atoms with Gasteiger partial charge in [-0.3, -0.25) is 0 Å². The van der Waals surface area contributed by atoms with E-state index in [2.05, 4.69) is 10.1 Å². The van der Waals surface area contributed by atoms with Crippen LogP contribution in [-0.4, -0.2) is 39.0 Å². The molecule has 0 radical (unpaired) electrons. The third-order valence-corrected chi connectivity index (χ3v) is 1.41. The van der Waals surface area contributed by atoms with Gasteiger partial charge in [0, 0.05) is 13.1 Å². The second-order valence-corrected chi connectivity index (χ2v) is 2.29. The molecule has 0 spiro atoms. The summed E-state index contributed by atoms with van der Waals surface area (Å²) in [5, 5.41) is 3.01. The van der Waals surface area contributed by atoms with Crippen LogP contribution in [0.2, 0.25) is 0 Å². The van der Waals surface area contributed by atoms with E-state index < -0.39 is 6.61 Å². The summed E-state index contributed by atoms with van der Waals surface area (Å²) in [6, 6.07) is 0. The molecule has 0 aliphatic carbocycles. The van der Waals surface area contributed by atoms with Gasteiger partial charge in [-0.1, -0.05) is 0 Å². The SMILES string of the molecule is FC(F)OCC1CNCCO1. The minimum absolute atomic E-state index is 0.0370. The molecule has 0 aromatic rings. The maximum Gasteiger partial charge on any atom is 0.345 e. The second-order valence-electron chi connectivity index (χ2n) is 2.29. The summed E-state index contributed by atoms with van der Waals surface area (Å²) in [5.41, 5.74) is 0. The zero-order valence-corrected chi connectivity index (χ0v) is 6.06. The van der Waals surface area contributed by atoms with Crippen molar-refractivity contribution in [3.63, 3.8) is 0 Å². The summed E-state index contributed by atoms with van der Waals surface area (Å²) in [6.45, 7) is -0.791. The smallest absolute Gasteiger partial charge is 0.345 e. The van der Waals surface area contributed by atoms with Crippen molar-refractivity contribution < 1.29 is 18.3 Å². The lowest BCUT2D eigenvalue weighted by Gasteiger charge is -2.22. The highest BCUT2D eigenvalue weighted by Gasteiger charge is 2.15. The van der Waals surface area contributed by atoms with E-state index in [0.29, 0.717) is 13.2 Å². The Kier molecular flexibility index (Phi) is 3.68. The zero-order chi connectivity index (χ0) is 8.10. The maximum atomic E-state index is 11.5. The molecule has 0 aromatic heterocycles. The highest BCUT2D eigenvalue weighted by atomic mass is 19.3. The molecule has 0 bridgehead atoms. The first-order valence-electron chi connectivity index (χ1n) is 3.51. The molecule has 3 nitrogen and oxygen atoms in total. The predicted molar refractivity (Wildman–Crippen MR) is 34.6 cm³/mol. The van der Waals surface area contributed by atoms with Crippen LogP contribution in [0.5, 0.6) is 0 Å². The lowest BCUT2D eigenvalue weighted by Crippen LogP contribution is -2.41. The molecule has 66 valence electrons. The number of alkyl halides is 2. The molecule has 1 fully saturated rings. The van der Waals surface area contributed by atoms with E-state index >= 15 is 0 Å². The van der Waals surface area contributed by atoms with Gasteiger partial charge in [-0.25, -0.2) is 0 Å². The first-order valence-corrected chi connectivity index (χ1v) is 3.51.